The molecule has 2 aromatic carbocycles. The van der Waals surface area contributed by atoms with E-state index in [4.69, 9.17) is 9.15 Å². The van der Waals surface area contributed by atoms with Gasteiger partial charge in [-0.2, -0.15) is 0 Å². The maximum Gasteiger partial charge on any atom is 0.226 e. The van der Waals surface area contributed by atoms with Crippen molar-refractivity contribution in [1.82, 2.24) is 4.98 Å². The van der Waals surface area contributed by atoms with E-state index in [2.05, 4.69) is 17.6 Å². The normalized spacial score (nSPS) is 10.5. The van der Waals surface area contributed by atoms with Gasteiger partial charge < -0.3 is 9.15 Å². The van der Waals surface area contributed by atoms with Crippen LogP contribution < -0.4 is 4.74 Å². The van der Waals surface area contributed by atoms with E-state index in [0.717, 1.165) is 34.8 Å². The number of para-hydroxylation sites is 1. The van der Waals surface area contributed by atoms with E-state index in [1.165, 1.54) is 0 Å². The van der Waals surface area contributed by atoms with Crippen molar-refractivity contribution >= 4 is 0 Å². The highest BCUT2D eigenvalue weighted by Crippen LogP contribution is 2.23. The first kappa shape index (κ1) is 16.1. The molecule has 0 saturated carbocycles. The highest BCUT2D eigenvalue weighted by atomic mass is 16.5. The summed E-state index contributed by atoms with van der Waals surface area (Å²) in [6, 6.07) is 18.0. The molecule has 0 fully saturated rings. The number of hydrogen-bond donors (Lipinski definition) is 0. The molecule has 0 spiro atoms. The molecule has 24 heavy (non-hydrogen) atoms. The zero-order valence-corrected chi connectivity index (χ0v) is 13.9. The van der Waals surface area contributed by atoms with E-state index in [9.17, 15) is 0 Å². The van der Waals surface area contributed by atoms with Crippen LogP contribution in [0.5, 0.6) is 5.75 Å². The summed E-state index contributed by atoms with van der Waals surface area (Å²) in [5.41, 5.74) is 3.08. The average Bonchev–Trinajstić information content (AvgIpc) is 2.98. The van der Waals surface area contributed by atoms with Gasteiger partial charge in [0, 0.05) is 12.0 Å². The summed E-state index contributed by atoms with van der Waals surface area (Å²) < 4.78 is 11.7. The number of nitrogens with zero attached hydrogens (tertiary/aromatic N) is 1. The number of aromatic nitrogens is 1. The molecule has 0 unspecified atom stereocenters. The Kier molecular flexibility index (Phi) is 5.12. The SMILES string of the molecule is C=CCc1ccccc1OCCc1nc(-c2ccccc2)oc1C. The van der Waals surface area contributed by atoms with Gasteiger partial charge in [0.2, 0.25) is 5.89 Å². The molecule has 0 aliphatic carbocycles. The molecule has 1 heterocycles. The van der Waals surface area contributed by atoms with Gasteiger partial charge in [-0.05, 0) is 37.1 Å². The lowest BCUT2D eigenvalue weighted by molar-refractivity contribution is 0.317. The molecule has 3 rings (SSSR count). The molecule has 3 heteroatoms. The predicted molar refractivity (Wildman–Crippen MR) is 96.2 cm³/mol. The van der Waals surface area contributed by atoms with Crippen molar-refractivity contribution in [3.63, 3.8) is 0 Å². The number of benzene rings is 2. The van der Waals surface area contributed by atoms with Crippen molar-refractivity contribution in [2.24, 2.45) is 0 Å². The highest BCUT2D eigenvalue weighted by Gasteiger charge is 2.11. The van der Waals surface area contributed by atoms with Crippen LogP contribution in [0.4, 0.5) is 0 Å². The second-order valence-electron chi connectivity index (χ2n) is 5.59. The third kappa shape index (κ3) is 3.74. The number of allylic oxidation sites excluding steroid dienone is 1. The third-order valence-corrected chi connectivity index (χ3v) is 3.85. The number of aryl methyl sites for hydroxylation is 1. The minimum atomic E-state index is 0.565. The molecule has 122 valence electrons. The van der Waals surface area contributed by atoms with E-state index in [0.29, 0.717) is 18.9 Å². The van der Waals surface area contributed by atoms with Crippen molar-refractivity contribution in [3.8, 4) is 17.2 Å². The fourth-order valence-electron chi connectivity index (χ4n) is 2.59. The molecule has 3 nitrogen and oxygen atoms in total. The molecular weight excluding hydrogens is 298 g/mol. The van der Waals surface area contributed by atoms with Gasteiger partial charge in [-0.15, -0.1) is 6.58 Å². The third-order valence-electron chi connectivity index (χ3n) is 3.85. The molecule has 0 amide bonds. The van der Waals surface area contributed by atoms with Crippen LogP contribution in [0, 0.1) is 6.92 Å². The van der Waals surface area contributed by atoms with Crippen molar-refractivity contribution in [2.45, 2.75) is 19.8 Å². The number of rotatable bonds is 7. The lowest BCUT2D eigenvalue weighted by atomic mass is 10.1. The van der Waals surface area contributed by atoms with Gasteiger partial charge in [-0.25, -0.2) is 4.98 Å². The maximum atomic E-state index is 5.93. The number of hydrogen-bond acceptors (Lipinski definition) is 3. The lowest BCUT2D eigenvalue weighted by Gasteiger charge is -2.09. The Bertz CT molecular complexity index is 806. The lowest BCUT2D eigenvalue weighted by Crippen LogP contribution is -2.04. The van der Waals surface area contributed by atoms with Crippen LogP contribution in [-0.4, -0.2) is 11.6 Å². The van der Waals surface area contributed by atoms with Crippen molar-refractivity contribution in [2.75, 3.05) is 6.61 Å². The molecule has 0 N–H and O–H groups in total. The van der Waals surface area contributed by atoms with Gasteiger partial charge >= 0.3 is 0 Å². The van der Waals surface area contributed by atoms with Crippen molar-refractivity contribution in [1.29, 1.82) is 0 Å². The van der Waals surface area contributed by atoms with Crippen molar-refractivity contribution in [3.05, 3.63) is 84.3 Å². The first-order valence-electron chi connectivity index (χ1n) is 8.11. The summed E-state index contributed by atoms with van der Waals surface area (Å²) in [7, 11) is 0. The number of oxazole rings is 1. The van der Waals surface area contributed by atoms with Gasteiger partial charge in [0.05, 0.1) is 12.3 Å². The Morgan fingerprint density at radius 3 is 2.62 bits per heavy atom. The number of ether oxygens (including phenoxy) is 1. The molecule has 0 aliphatic heterocycles. The Morgan fingerprint density at radius 2 is 1.83 bits per heavy atom. The smallest absolute Gasteiger partial charge is 0.226 e. The van der Waals surface area contributed by atoms with E-state index < -0.39 is 0 Å². The first-order chi connectivity index (χ1) is 11.8. The minimum Gasteiger partial charge on any atom is -0.493 e. The standard InChI is InChI=1S/C21H21NO2/c1-3-9-17-10-7-8-13-20(17)23-15-14-19-16(2)24-21(22-19)18-11-5-4-6-12-18/h3-8,10-13H,1,9,14-15H2,2H3. The van der Waals surface area contributed by atoms with Crippen LogP contribution in [-0.2, 0) is 12.8 Å². The fourth-order valence-corrected chi connectivity index (χ4v) is 2.59. The zero-order chi connectivity index (χ0) is 16.8. The van der Waals surface area contributed by atoms with Crippen LogP contribution in [0.15, 0.2) is 71.7 Å². The molecule has 3 aromatic rings. The zero-order valence-electron chi connectivity index (χ0n) is 13.9. The van der Waals surface area contributed by atoms with Gasteiger partial charge in [-0.1, -0.05) is 42.5 Å². The van der Waals surface area contributed by atoms with Crippen molar-refractivity contribution < 1.29 is 9.15 Å². The second kappa shape index (κ2) is 7.64. The van der Waals surface area contributed by atoms with Crippen LogP contribution in [0.1, 0.15) is 17.0 Å². The molecule has 0 radical (unpaired) electrons. The summed E-state index contributed by atoms with van der Waals surface area (Å²) in [4.78, 5) is 4.61. The van der Waals surface area contributed by atoms with Gasteiger partial charge in [-0.3, -0.25) is 0 Å². The Hall–Kier alpha value is -2.81. The molecule has 0 atom stereocenters. The highest BCUT2D eigenvalue weighted by molar-refractivity contribution is 5.53. The van der Waals surface area contributed by atoms with E-state index in [-0.39, 0.29) is 0 Å². The van der Waals surface area contributed by atoms with Gasteiger partial charge in [0.25, 0.3) is 0 Å². The monoisotopic (exact) mass is 319 g/mol. The maximum absolute atomic E-state index is 5.93. The molecule has 0 aliphatic rings. The average molecular weight is 319 g/mol. The predicted octanol–water partition coefficient (Wildman–Crippen LogP) is 5.00. The summed E-state index contributed by atoms with van der Waals surface area (Å²) in [6.07, 6.45) is 3.40. The summed E-state index contributed by atoms with van der Waals surface area (Å²) in [6.45, 7) is 6.30. The van der Waals surface area contributed by atoms with Gasteiger partial charge in [0.15, 0.2) is 0 Å². The van der Waals surface area contributed by atoms with E-state index >= 15 is 0 Å². The van der Waals surface area contributed by atoms with Crippen LogP contribution in [0.2, 0.25) is 0 Å². The van der Waals surface area contributed by atoms with E-state index in [1.807, 2.05) is 61.5 Å². The summed E-state index contributed by atoms with van der Waals surface area (Å²) in [5.74, 6) is 2.41. The fraction of sp³-hybridized carbons (Fsp3) is 0.190. The topological polar surface area (TPSA) is 35.3 Å². The first-order valence-corrected chi connectivity index (χ1v) is 8.11. The molecule has 0 saturated heterocycles. The molecular formula is C21H21NO2. The Morgan fingerprint density at radius 1 is 1.08 bits per heavy atom. The Balaban J connectivity index is 1.66. The van der Waals surface area contributed by atoms with Crippen LogP contribution >= 0.6 is 0 Å². The van der Waals surface area contributed by atoms with Gasteiger partial charge in [0.1, 0.15) is 11.5 Å². The van der Waals surface area contributed by atoms with Crippen LogP contribution in [0.25, 0.3) is 11.5 Å². The molecule has 1 aromatic heterocycles. The summed E-state index contributed by atoms with van der Waals surface area (Å²) in [5, 5.41) is 0. The van der Waals surface area contributed by atoms with Crippen LogP contribution in [0.3, 0.4) is 0 Å². The molecule has 0 bridgehead atoms. The largest absolute Gasteiger partial charge is 0.493 e. The second-order valence-corrected chi connectivity index (χ2v) is 5.59. The quantitative estimate of drug-likeness (QED) is 0.575. The Labute approximate surface area is 142 Å². The van der Waals surface area contributed by atoms with E-state index in [1.54, 1.807) is 0 Å². The minimum absolute atomic E-state index is 0.565. The summed E-state index contributed by atoms with van der Waals surface area (Å²) >= 11 is 0.